The van der Waals surface area contributed by atoms with Gasteiger partial charge in [-0.15, -0.1) is 0 Å². The molecule has 1 heterocycles. The van der Waals surface area contributed by atoms with E-state index in [9.17, 15) is 0 Å². The summed E-state index contributed by atoms with van der Waals surface area (Å²) in [6.45, 7) is 2.03. The first-order chi connectivity index (χ1) is 8.75. The van der Waals surface area contributed by atoms with Crippen LogP contribution in [0.25, 0.3) is 11.3 Å². The molecule has 18 heavy (non-hydrogen) atoms. The fourth-order valence-corrected chi connectivity index (χ4v) is 2.61. The van der Waals surface area contributed by atoms with Gasteiger partial charge in [-0.2, -0.15) is 0 Å². The monoisotopic (exact) mass is 258 g/mol. The fourth-order valence-electron chi connectivity index (χ4n) is 2.48. The molecule has 0 spiro atoms. The molecule has 0 atom stereocenters. The lowest BCUT2D eigenvalue weighted by Crippen LogP contribution is -2.10. The fraction of sp³-hybridized carbons (Fsp3) is 0.333. The van der Waals surface area contributed by atoms with Crippen LogP contribution in [-0.4, -0.2) is 9.97 Å². The van der Waals surface area contributed by atoms with Crippen LogP contribution >= 0.6 is 11.6 Å². The molecular formula is C15H15ClN2. The van der Waals surface area contributed by atoms with Crippen molar-refractivity contribution >= 4 is 11.6 Å². The minimum atomic E-state index is 0.319. The molecule has 3 rings (SSSR count). The molecule has 2 nitrogen and oxygen atoms in total. The summed E-state index contributed by atoms with van der Waals surface area (Å²) in [7, 11) is 0. The van der Waals surface area contributed by atoms with E-state index in [2.05, 4.69) is 34.2 Å². The lowest BCUT2D eigenvalue weighted by molar-refractivity contribution is 0.420. The summed E-state index contributed by atoms with van der Waals surface area (Å²) >= 11 is 5.92. The molecule has 1 saturated carbocycles. The van der Waals surface area contributed by atoms with Crippen LogP contribution in [0.3, 0.4) is 0 Å². The number of halogens is 1. The first-order valence-electron chi connectivity index (χ1n) is 6.34. The summed E-state index contributed by atoms with van der Waals surface area (Å²) in [5, 5.41) is 0.319. The molecule has 0 unspecified atom stereocenters. The molecule has 1 aliphatic carbocycles. The number of aromatic nitrogens is 2. The van der Waals surface area contributed by atoms with Crippen molar-refractivity contribution in [3.63, 3.8) is 0 Å². The average Bonchev–Trinajstić information content (AvgIpc) is 2.31. The normalized spacial score (nSPS) is 15.4. The van der Waals surface area contributed by atoms with Gasteiger partial charge in [0.15, 0.2) is 0 Å². The Morgan fingerprint density at radius 2 is 2.00 bits per heavy atom. The summed E-state index contributed by atoms with van der Waals surface area (Å²) < 4.78 is 0. The van der Waals surface area contributed by atoms with Crippen LogP contribution in [0.4, 0.5) is 0 Å². The molecule has 2 aromatic rings. The van der Waals surface area contributed by atoms with Gasteiger partial charge in [-0.1, -0.05) is 30.7 Å². The third-order valence-corrected chi connectivity index (χ3v) is 3.89. The molecule has 1 aliphatic rings. The van der Waals surface area contributed by atoms with Gasteiger partial charge in [0.25, 0.3) is 0 Å². The highest BCUT2D eigenvalue weighted by atomic mass is 35.5. The highest BCUT2D eigenvalue weighted by Gasteiger charge is 2.23. The molecule has 1 aromatic carbocycles. The van der Waals surface area contributed by atoms with Gasteiger partial charge in [0.2, 0.25) is 5.28 Å². The van der Waals surface area contributed by atoms with Crippen LogP contribution in [0, 0.1) is 6.92 Å². The van der Waals surface area contributed by atoms with Crippen molar-refractivity contribution in [3.8, 4) is 11.3 Å². The molecule has 92 valence electrons. The molecule has 0 N–H and O–H groups in total. The second-order valence-corrected chi connectivity index (χ2v) is 5.22. The molecule has 0 saturated heterocycles. The first kappa shape index (κ1) is 11.7. The second-order valence-electron chi connectivity index (χ2n) is 4.89. The first-order valence-corrected chi connectivity index (χ1v) is 6.72. The maximum absolute atomic E-state index is 5.92. The summed E-state index contributed by atoms with van der Waals surface area (Å²) in [5.74, 6) is 0.689. The Morgan fingerprint density at radius 1 is 1.22 bits per heavy atom. The van der Waals surface area contributed by atoms with E-state index in [1.807, 2.05) is 6.92 Å². The number of hydrogen-bond donors (Lipinski definition) is 0. The minimum Gasteiger partial charge on any atom is -0.226 e. The van der Waals surface area contributed by atoms with Crippen molar-refractivity contribution in [1.29, 1.82) is 0 Å². The van der Waals surface area contributed by atoms with E-state index in [1.165, 1.54) is 30.4 Å². The molecule has 3 heteroatoms. The van der Waals surface area contributed by atoms with Gasteiger partial charge in [0.1, 0.15) is 0 Å². The molecule has 0 amide bonds. The third-order valence-electron chi connectivity index (χ3n) is 3.70. The zero-order valence-electron chi connectivity index (χ0n) is 10.4. The molecule has 0 aliphatic heterocycles. The standard InChI is InChI=1S/C15H15ClN2/c1-10-9-17-15(16)18-14(10)13-8-3-2-7-12(13)11-5-4-6-11/h2-3,7-9,11H,4-6H2,1H3. The quantitative estimate of drug-likeness (QED) is 0.748. The van der Waals surface area contributed by atoms with E-state index in [-0.39, 0.29) is 0 Å². The molecule has 0 bridgehead atoms. The highest BCUT2D eigenvalue weighted by molar-refractivity contribution is 6.28. The number of benzene rings is 1. The molecule has 1 aromatic heterocycles. The van der Waals surface area contributed by atoms with Crippen molar-refractivity contribution in [2.45, 2.75) is 32.1 Å². The van der Waals surface area contributed by atoms with E-state index >= 15 is 0 Å². The summed E-state index contributed by atoms with van der Waals surface area (Å²) in [6.07, 6.45) is 5.70. The largest absolute Gasteiger partial charge is 0.226 e. The van der Waals surface area contributed by atoms with Gasteiger partial charge in [-0.3, -0.25) is 0 Å². The van der Waals surface area contributed by atoms with Gasteiger partial charge in [-0.05, 0) is 48.4 Å². The van der Waals surface area contributed by atoms with E-state index in [0.29, 0.717) is 11.2 Å². The predicted molar refractivity (Wildman–Crippen MR) is 73.8 cm³/mol. The van der Waals surface area contributed by atoms with Crippen LogP contribution in [0.2, 0.25) is 5.28 Å². The maximum atomic E-state index is 5.92. The number of aryl methyl sites for hydroxylation is 1. The maximum Gasteiger partial charge on any atom is 0.222 e. The Kier molecular flexibility index (Phi) is 3.04. The Morgan fingerprint density at radius 3 is 2.72 bits per heavy atom. The van der Waals surface area contributed by atoms with E-state index < -0.39 is 0 Å². The molecular weight excluding hydrogens is 244 g/mol. The summed E-state index contributed by atoms with van der Waals surface area (Å²) in [5.41, 5.74) is 4.66. The van der Waals surface area contributed by atoms with Crippen molar-refractivity contribution < 1.29 is 0 Å². The van der Waals surface area contributed by atoms with Crippen LogP contribution in [-0.2, 0) is 0 Å². The van der Waals surface area contributed by atoms with Gasteiger partial charge >= 0.3 is 0 Å². The van der Waals surface area contributed by atoms with Crippen LogP contribution < -0.4 is 0 Å². The van der Waals surface area contributed by atoms with Crippen LogP contribution in [0.5, 0.6) is 0 Å². The highest BCUT2D eigenvalue weighted by Crippen LogP contribution is 2.41. The predicted octanol–water partition coefficient (Wildman–Crippen LogP) is 4.37. The third kappa shape index (κ3) is 2.01. The van der Waals surface area contributed by atoms with Gasteiger partial charge < -0.3 is 0 Å². The Bertz CT molecular complexity index is 576. The summed E-state index contributed by atoms with van der Waals surface area (Å²) in [6, 6.07) is 8.52. The minimum absolute atomic E-state index is 0.319. The number of hydrogen-bond acceptors (Lipinski definition) is 2. The van der Waals surface area contributed by atoms with Crippen molar-refractivity contribution in [1.82, 2.24) is 9.97 Å². The van der Waals surface area contributed by atoms with Crippen LogP contribution in [0.1, 0.15) is 36.3 Å². The van der Waals surface area contributed by atoms with Crippen LogP contribution in [0.15, 0.2) is 30.5 Å². The average molecular weight is 259 g/mol. The lowest BCUT2D eigenvalue weighted by atomic mass is 9.77. The van der Waals surface area contributed by atoms with E-state index in [0.717, 1.165) is 11.3 Å². The van der Waals surface area contributed by atoms with Gasteiger partial charge in [-0.25, -0.2) is 9.97 Å². The Labute approximate surface area is 112 Å². The molecule has 1 fully saturated rings. The smallest absolute Gasteiger partial charge is 0.222 e. The van der Waals surface area contributed by atoms with E-state index in [4.69, 9.17) is 11.6 Å². The number of rotatable bonds is 2. The topological polar surface area (TPSA) is 25.8 Å². The lowest BCUT2D eigenvalue weighted by Gasteiger charge is -2.28. The van der Waals surface area contributed by atoms with Crippen molar-refractivity contribution in [3.05, 3.63) is 46.9 Å². The Balaban J connectivity index is 2.13. The molecule has 0 radical (unpaired) electrons. The van der Waals surface area contributed by atoms with Crippen molar-refractivity contribution in [2.75, 3.05) is 0 Å². The van der Waals surface area contributed by atoms with Crippen molar-refractivity contribution in [2.24, 2.45) is 0 Å². The number of nitrogens with zero attached hydrogens (tertiary/aromatic N) is 2. The second kappa shape index (κ2) is 4.69. The van der Waals surface area contributed by atoms with Gasteiger partial charge in [0.05, 0.1) is 5.69 Å². The zero-order valence-corrected chi connectivity index (χ0v) is 11.1. The SMILES string of the molecule is Cc1cnc(Cl)nc1-c1ccccc1C1CCC1. The summed E-state index contributed by atoms with van der Waals surface area (Å²) in [4.78, 5) is 8.43. The zero-order chi connectivity index (χ0) is 12.5. The van der Waals surface area contributed by atoms with E-state index in [1.54, 1.807) is 6.20 Å². The Hall–Kier alpha value is -1.41. The van der Waals surface area contributed by atoms with Gasteiger partial charge in [0, 0.05) is 11.8 Å².